The summed E-state index contributed by atoms with van der Waals surface area (Å²) >= 11 is 2.98. The van der Waals surface area contributed by atoms with Gasteiger partial charge in [-0.05, 0) is 18.2 Å². The smallest absolute Gasteiger partial charge is 0.258 e. The molecule has 0 N–H and O–H groups in total. The topological polar surface area (TPSA) is 73.3 Å². The largest absolute Gasteiger partial charge is 0.461 e. The van der Waals surface area contributed by atoms with Crippen molar-refractivity contribution in [3.63, 3.8) is 0 Å². The van der Waals surface area contributed by atoms with Crippen LogP contribution in [0.2, 0.25) is 0 Å². The van der Waals surface area contributed by atoms with Gasteiger partial charge in [-0.15, -0.1) is 11.3 Å². The number of nitrogens with zero attached hydrogens (tertiary/aromatic N) is 4. The Morgan fingerprint density at radius 3 is 2.93 bits per heavy atom. The number of para-hydroxylation sites is 1. The van der Waals surface area contributed by atoms with Crippen LogP contribution in [0.1, 0.15) is 5.69 Å². The predicted molar refractivity (Wildman–Crippen MR) is 106 cm³/mol. The molecule has 1 aromatic carbocycles. The van der Waals surface area contributed by atoms with Crippen molar-refractivity contribution in [1.29, 1.82) is 0 Å². The van der Waals surface area contributed by atoms with Crippen molar-refractivity contribution < 1.29 is 4.42 Å². The number of fused-ring (bicyclic) bond motifs is 2. The lowest BCUT2D eigenvalue weighted by atomic mass is 10.2. The highest BCUT2D eigenvalue weighted by Gasteiger charge is 2.12. The number of aromatic nitrogens is 4. The molecule has 4 aromatic heterocycles. The van der Waals surface area contributed by atoms with Gasteiger partial charge < -0.3 is 4.42 Å². The molecule has 0 saturated heterocycles. The Hall–Kier alpha value is -2.97. The number of thiazole rings is 1. The summed E-state index contributed by atoms with van der Waals surface area (Å²) < 4.78 is 7.00. The SMILES string of the molecule is O=c1cc(CSc2nc(-c3ccco3)nc3ccccc23)nc2sccn12. The van der Waals surface area contributed by atoms with Crippen LogP contribution in [0.5, 0.6) is 0 Å². The third-order valence-corrected chi connectivity index (χ3v) is 5.80. The zero-order chi connectivity index (χ0) is 18.2. The first-order chi connectivity index (χ1) is 13.3. The van der Waals surface area contributed by atoms with E-state index in [0.717, 1.165) is 21.6 Å². The van der Waals surface area contributed by atoms with Gasteiger partial charge in [-0.3, -0.25) is 9.20 Å². The highest BCUT2D eigenvalue weighted by atomic mass is 32.2. The van der Waals surface area contributed by atoms with E-state index in [2.05, 4.69) is 15.0 Å². The normalized spacial score (nSPS) is 11.4. The van der Waals surface area contributed by atoms with Crippen molar-refractivity contribution in [3.05, 3.63) is 76.4 Å². The van der Waals surface area contributed by atoms with Crippen LogP contribution in [0.15, 0.2) is 74.5 Å². The van der Waals surface area contributed by atoms with Gasteiger partial charge in [0.15, 0.2) is 16.5 Å². The minimum atomic E-state index is -0.0688. The van der Waals surface area contributed by atoms with Gasteiger partial charge >= 0.3 is 0 Å². The molecular formula is C19H12N4O2S2. The van der Waals surface area contributed by atoms with Crippen LogP contribution in [0.25, 0.3) is 27.4 Å². The van der Waals surface area contributed by atoms with Gasteiger partial charge in [0.2, 0.25) is 0 Å². The lowest BCUT2D eigenvalue weighted by molar-refractivity contribution is 0.577. The van der Waals surface area contributed by atoms with E-state index in [1.807, 2.05) is 41.8 Å². The number of benzene rings is 1. The Labute approximate surface area is 161 Å². The van der Waals surface area contributed by atoms with Crippen LogP contribution >= 0.6 is 23.1 Å². The Bertz CT molecular complexity index is 1310. The van der Waals surface area contributed by atoms with Gasteiger partial charge in [-0.2, -0.15) is 0 Å². The average molecular weight is 392 g/mol. The van der Waals surface area contributed by atoms with Crippen molar-refractivity contribution in [2.24, 2.45) is 0 Å². The van der Waals surface area contributed by atoms with Crippen LogP contribution in [0, 0.1) is 0 Å². The highest BCUT2D eigenvalue weighted by molar-refractivity contribution is 7.98. The maximum atomic E-state index is 12.2. The van der Waals surface area contributed by atoms with E-state index in [-0.39, 0.29) is 5.56 Å². The molecular weight excluding hydrogens is 380 g/mol. The lowest BCUT2D eigenvalue weighted by Crippen LogP contribution is -2.12. The van der Waals surface area contributed by atoms with Crippen molar-refractivity contribution in [2.75, 3.05) is 0 Å². The molecule has 0 aliphatic carbocycles. The molecule has 0 aliphatic heterocycles. The van der Waals surface area contributed by atoms with Gasteiger partial charge in [0.25, 0.3) is 5.56 Å². The Balaban J connectivity index is 1.54. The van der Waals surface area contributed by atoms with Crippen molar-refractivity contribution >= 4 is 39.0 Å². The van der Waals surface area contributed by atoms with Gasteiger partial charge in [-0.25, -0.2) is 15.0 Å². The minimum Gasteiger partial charge on any atom is -0.461 e. The van der Waals surface area contributed by atoms with Gasteiger partial charge in [-0.1, -0.05) is 30.0 Å². The maximum absolute atomic E-state index is 12.2. The molecule has 4 heterocycles. The maximum Gasteiger partial charge on any atom is 0.258 e. The van der Waals surface area contributed by atoms with E-state index in [0.29, 0.717) is 22.3 Å². The number of hydrogen-bond acceptors (Lipinski definition) is 7. The molecule has 27 heavy (non-hydrogen) atoms. The summed E-state index contributed by atoms with van der Waals surface area (Å²) in [5.74, 6) is 1.71. The van der Waals surface area contributed by atoms with Crippen LogP contribution < -0.4 is 5.56 Å². The second-order valence-electron chi connectivity index (χ2n) is 5.78. The predicted octanol–water partition coefficient (Wildman–Crippen LogP) is 4.25. The van der Waals surface area contributed by atoms with Gasteiger partial charge in [0.05, 0.1) is 17.5 Å². The van der Waals surface area contributed by atoms with Crippen LogP contribution in [0.4, 0.5) is 0 Å². The van der Waals surface area contributed by atoms with Crippen LogP contribution in [-0.4, -0.2) is 19.4 Å². The second-order valence-corrected chi connectivity index (χ2v) is 7.61. The molecule has 0 fully saturated rings. The highest BCUT2D eigenvalue weighted by Crippen LogP contribution is 2.30. The second kappa shape index (κ2) is 6.64. The van der Waals surface area contributed by atoms with Crippen LogP contribution in [0.3, 0.4) is 0 Å². The lowest BCUT2D eigenvalue weighted by Gasteiger charge is -2.07. The van der Waals surface area contributed by atoms with Crippen molar-refractivity contribution in [3.8, 4) is 11.6 Å². The first kappa shape index (κ1) is 16.2. The van der Waals surface area contributed by atoms with Crippen LogP contribution in [-0.2, 0) is 5.75 Å². The molecule has 0 amide bonds. The average Bonchev–Trinajstić information content (AvgIpc) is 3.38. The molecule has 0 saturated carbocycles. The zero-order valence-corrected chi connectivity index (χ0v) is 15.5. The summed E-state index contributed by atoms with van der Waals surface area (Å²) in [5, 5.41) is 3.65. The number of hydrogen-bond donors (Lipinski definition) is 0. The molecule has 132 valence electrons. The summed E-state index contributed by atoms with van der Waals surface area (Å²) in [5.41, 5.74) is 1.51. The molecule has 6 nitrogen and oxygen atoms in total. The first-order valence-corrected chi connectivity index (χ1v) is 10.0. The molecule has 8 heteroatoms. The zero-order valence-electron chi connectivity index (χ0n) is 13.9. The van der Waals surface area contributed by atoms with Crippen molar-refractivity contribution in [1.82, 2.24) is 19.4 Å². The Morgan fingerprint density at radius 1 is 1.11 bits per heavy atom. The minimum absolute atomic E-state index is 0.0688. The van der Waals surface area contributed by atoms with E-state index in [9.17, 15) is 4.79 Å². The quantitative estimate of drug-likeness (QED) is 0.336. The molecule has 0 spiro atoms. The molecule has 0 unspecified atom stereocenters. The summed E-state index contributed by atoms with van der Waals surface area (Å²) in [4.78, 5) is 26.7. The summed E-state index contributed by atoms with van der Waals surface area (Å²) in [7, 11) is 0. The third-order valence-electron chi connectivity index (χ3n) is 4.02. The van der Waals surface area contributed by atoms with Crippen molar-refractivity contribution in [2.45, 2.75) is 10.8 Å². The number of furan rings is 1. The fraction of sp³-hybridized carbons (Fsp3) is 0.0526. The standard InChI is InChI=1S/C19H12N4O2S2/c24-16-10-12(20-19-23(16)7-9-26-19)11-27-18-13-4-1-2-5-14(13)21-17(22-18)15-6-3-8-25-15/h1-10H,11H2. The number of thioether (sulfide) groups is 1. The van der Waals surface area contributed by atoms with E-state index in [1.165, 1.54) is 23.1 Å². The molecule has 0 radical (unpaired) electrons. The van der Waals surface area contributed by atoms with E-state index in [4.69, 9.17) is 4.42 Å². The molecule has 5 rings (SSSR count). The summed E-state index contributed by atoms with van der Waals surface area (Å²) in [6, 6.07) is 13.1. The van der Waals surface area contributed by atoms with Gasteiger partial charge in [0.1, 0.15) is 5.03 Å². The molecule has 0 bridgehead atoms. The first-order valence-electron chi connectivity index (χ1n) is 8.17. The van der Waals surface area contributed by atoms with E-state index < -0.39 is 0 Å². The van der Waals surface area contributed by atoms with Gasteiger partial charge in [0, 0.05) is 28.8 Å². The Kier molecular flexibility index (Phi) is 3.99. The van der Waals surface area contributed by atoms with E-state index in [1.54, 1.807) is 22.9 Å². The summed E-state index contributed by atoms with van der Waals surface area (Å²) in [6.45, 7) is 0. The number of rotatable bonds is 4. The van der Waals surface area contributed by atoms with E-state index >= 15 is 0 Å². The fourth-order valence-corrected chi connectivity index (χ4v) is 4.43. The molecule has 0 aliphatic rings. The Morgan fingerprint density at radius 2 is 2.04 bits per heavy atom. The fourth-order valence-electron chi connectivity index (χ4n) is 2.78. The monoisotopic (exact) mass is 392 g/mol. The molecule has 5 aromatic rings. The third kappa shape index (κ3) is 3.02. The summed E-state index contributed by atoms with van der Waals surface area (Å²) in [6.07, 6.45) is 3.34. The molecule has 0 atom stereocenters.